The molecule has 1 aliphatic rings. The molecule has 3 N–H and O–H groups in total. The summed E-state index contributed by atoms with van der Waals surface area (Å²) in [7, 11) is -3.71. The number of hydrogen-bond acceptors (Lipinski definition) is 3. The van der Waals surface area contributed by atoms with E-state index in [2.05, 4.69) is 5.32 Å². The van der Waals surface area contributed by atoms with Crippen LogP contribution in [0.2, 0.25) is 0 Å². The Bertz CT molecular complexity index is 627. The van der Waals surface area contributed by atoms with Crippen LogP contribution < -0.4 is 10.5 Å². The first-order valence-electron chi connectivity index (χ1n) is 5.97. The summed E-state index contributed by atoms with van der Waals surface area (Å²) in [6.45, 7) is 1.73. The fourth-order valence-electron chi connectivity index (χ4n) is 2.02. The first-order chi connectivity index (χ1) is 8.88. The van der Waals surface area contributed by atoms with E-state index in [1.165, 1.54) is 12.1 Å². The number of nitrogens with two attached hydrogens (primary N) is 1. The molecule has 19 heavy (non-hydrogen) atoms. The highest BCUT2D eigenvalue weighted by Crippen LogP contribution is 2.23. The highest BCUT2D eigenvalue weighted by Gasteiger charge is 2.20. The molecular formula is C13H16N2O3S. The highest BCUT2D eigenvalue weighted by molar-refractivity contribution is 7.89. The number of carbonyl (C=O) groups is 1. The number of aryl methyl sites for hydroxylation is 1. The van der Waals surface area contributed by atoms with Crippen LogP contribution in [0.15, 0.2) is 35.2 Å². The maximum Gasteiger partial charge on any atom is 0.238 e. The maximum absolute atomic E-state index is 12.0. The van der Waals surface area contributed by atoms with Gasteiger partial charge in [0.1, 0.15) is 0 Å². The molecule has 0 aromatic heterocycles. The molecule has 1 aromatic rings. The number of amides is 1. The van der Waals surface area contributed by atoms with Crippen molar-refractivity contribution in [1.29, 1.82) is 0 Å². The van der Waals surface area contributed by atoms with E-state index in [4.69, 9.17) is 5.14 Å². The van der Waals surface area contributed by atoms with Gasteiger partial charge in [0.25, 0.3) is 0 Å². The van der Waals surface area contributed by atoms with E-state index in [1.54, 1.807) is 13.0 Å². The second kappa shape index (κ2) is 5.14. The molecule has 0 atom stereocenters. The first kappa shape index (κ1) is 13.8. The molecule has 0 saturated carbocycles. The number of benzene rings is 1. The molecular weight excluding hydrogens is 264 g/mol. The Morgan fingerprint density at radius 2 is 1.95 bits per heavy atom. The Morgan fingerprint density at radius 3 is 2.47 bits per heavy atom. The lowest BCUT2D eigenvalue weighted by Crippen LogP contribution is -2.21. The fraction of sp³-hybridized carbons (Fsp3) is 0.308. The van der Waals surface area contributed by atoms with Crippen LogP contribution in [0.3, 0.4) is 0 Å². The number of allylic oxidation sites excluding steroid dienone is 2. The van der Waals surface area contributed by atoms with Crippen molar-refractivity contribution in [3.63, 3.8) is 0 Å². The molecule has 0 unspecified atom stereocenters. The van der Waals surface area contributed by atoms with Gasteiger partial charge in [0.2, 0.25) is 15.9 Å². The quantitative estimate of drug-likeness (QED) is 0.823. The van der Waals surface area contributed by atoms with E-state index >= 15 is 0 Å². The monoisotopic (exact) mass is 280 g/mol. The Hall–Kier alpha value is -1.66. The van der Waals surface area contributed by atoms with Crippen LogP contribution in [-0.2, 0) is 14.8 Å². The normalized spacial score (nSPS) is 15.7. The number of anilines is 1. The molecule has 0 bridgehead atoms. The SMILES string of the molecule is Cc1cc(S(N)(=O)=O)ccc1NC(=O)C1CC=CC1. The van der Waals surface area contributed by atoms with Crippen LogP contribution in [-0.4, -0.2) is 14.3 Å². The third-order valence-corrected chi connectivity index (χ3v) is 4.07. The van der Waals surface area contributed by atoms with E-state index < -0.39 is 10.0 Å². The van der Waals surface area contributed by atoms with Crippen LogP contribution in [0.4, 0.5) is 5.69 Å². The predicted molar refractivity (Wildman–Crippen MR) is 73.0 cm³/mol. The lowest BCUT2D eigenvalue weighted by Gasteiger charge is -2.13. The Morgan fingerprint density at radius 1 is 1.32 bits per heavy atom. The van der Waals surface area contributed by atoms with Gasteiger partial charge >= 0.3 is 0 Å². The van der Waals surface area contributed by atoms with Crippen molar-refractivity contribution in [1.82, 2.24) is 0 Å². The summed E-state index contributed by atoms with van der Waals surface area (Å²) in [5.74, 6) is -0.0752. The van der Waals surface area contributed by atoms with Crippen molar-refractivity contribution in [3.05, 3.63) is 35.9 Å². The van der Waals surface area contributed by atoms with Gasteiger partial charge < -0.3 is 5.32 Å². The predicted octanol–water partition coefficient (Wildman–Crippen LogP) is 1.55. The van der Waals surface area contributed by atoms with Gasteiger partial charge in [-0.15, -0.1) is 0 Å². The van der Waals surface area contributed by atoms with Crippen LogP contribution in [0.25, 0.3) is 0 Å². The molecule has 0 spiro atoms. The van der Waals surface area contributed by atoms with E-state index in [9.17, 15) is 13.2 Å². The molecule has 0 heterocycles. The summed E-state index contributed by atoms with van der Waals surface area (Å²) in [4.78, 5) is 12.0. The Labute approximate surface area is 112 Å². The fourth-order valence-corrected chi connectivity index (χ4v) is 2.62. The summed E-state index contributed by atoms with van der Waals surface area (Å²) in [5.41, 5.74) is 1.29. The van der Waals surface area contributed by atoms with E-state index in [-0.39, 0.29) is 16.7 Å². The lowest BCUT2D eigenvalue weighted by molar-refractivity contribution is -0.119. The molecule has 6 heteroatoms. The van der Waals surface area contributed by atoms with Gasteiger partial charge in [-0.05, 0) is 43.5 Å². The van der Waals surface area contributed by atoms with Crippen molar-refractivity contribution < 1.29 is 13.2 Å². The Balaban J connectivity index is 2.15. The molecule has 1 aromatic carbocycles. The molecule has 5 nitrogen and oxygen atoms in total. The Kier molecular flexibility index (Phi) is 3.73. The largest absolute Gasteiger partial charge is 0.326 e. The summed E-state index contributed by atoms with van der Waals surface area (Å²) in [5, 5.41) is 7.87. The topological polar surface area (TPSA) is 89.3 Å². The average molecular weight is 280 g/mol. The summed E-state index contributed by atoms with van der Waals surface area (Å²) >= 11 is 0. The van der Waals surface area contributed by atoms with Crippen LogP contribution >= 0.6 is 0 Å². The zero-order valence-corrected chi connectivity index (χ0v) is 11.4. The number of nitrogens with one attached hydrogen (secondary N) is 1. The van der Waals surface area contributed by atoms with Crippen molar-refractivity contribution in [2.45, 2.75) is 24.7 Å². The van der Waals surface area contributed by atoms with Gasteiger partial charge in [-0.3, -0.25) is 4.79 Å². The minimum atomic E-state index is -3.71. The average Bonchev–Trinajstić information content (AvgIpc) is 2.84. The summed E-state index contributed by atoms with van der Waals surface area (Å²) in [6, 6.07) is 4.41. The van der Waals surface area contributed by atoms with Crippen LogP contribution in [0, 0.1) is 12.8 Å². The third-order valence-electron chi connectivity index (χ3n) is 3.16. The second-order valence-corrected chi connectivity index (χ2v) is 6.21. The van der Waals surface area contributed by atoms with Crippen molar-refractivity contribution >= 4 is 21.6 Å². The molecule has 1 aliphatic carbocycles. The third kappa shape index (κ3) is 3.21. The van der Waals surface area contributed by atoms with Gasteiger partial charge in [-0.1, -0.05) is 12.2 Å². The van der Waals surface area contributed by atoms with Gasteiger partial charge in [-0.25, -0.2) is 13.6 Å². The van der Waals surface area contributed by atoms with Gasteiger partial charge in [0.15, 0.2) is 0 Å². The lowest BCUT2D eigenvalue weighted by atomic mass is 10.1. The summed E-state index contributed by atoms with van der Waals surface area (Å²) in [6.07, 6.45) is 5.47. The molecule has 2 rings (SSSR count). The number of sulfonamides is 1. The maximum atomic E-state index is 12.0. The van der Waals surface area contributed by atoms with Crippen LogP contribution in [0.1, 0.15) is 18.4 Å². The van der Waals surface area contributed by atoms with E-state index in [0.717, 1.165) is 12.8 Å². The standard InChI is InChI=1S/C13H16N2O3S/c1-9-8-11(19(14,17)18)6-7-12(9)15-13(16)10-4-2-3-5-10/h2-3,6-8,10H,4-5H2,1H3,(H,15,16)(H2,14,17,18). The zero-order chi connectivity index (χ0) is 14.0. The number of primary sulfonamides is 1. The number of carbonyl (C=O) groups excluding carboxylic acids is 1. The van der Waals surface area contributed by atoms with Gasteiger partial charge in [-0.2, -0.15) is 0 Å². The molecule has 0 fully saturated rings. The number of hydrogen-bond donors (Lipinski definition) is 2. The molecule has 0 aliphatic heterocycles. The molecule has 1 amide bonds. The van der Waals surface area contributed by atoms with Gasteiger partial charge in [0, 0.05) is 11.6 Å². The minimum absolute atomic E-state index is 0.0303. The van der Waals surface area contributed by atoms with Crippen LogP contribution in [0.5, 0.6) is 0 Å². The number of rotatable bonds is 3. The second-order valence-electron chi connectivity index (χ2n) is 4.65. The van der Waals surface area contributed by atoms with Crippen molar-refractivity contribution in [2.75, 3.05) is 5.32 Å². The first-order valence-corrected chi connectivity index (χ1v) is 7.52. The highest BCUT2D eigenvalue weighted by atomic mass is 32.2. The zero-order valence-electron chi connectivity index (χ0n) is 10.6. The van der Waals surface area contributed by atoms with E-state index in [0.29, 0.717) is 11.3 Å². The minimum Gasteiger partial charge on any atom is -0.326 e. The smallest absolute Gasteiger partial charge is 0.238 e. The molecule has 102 valence electrons. The molecule has 0 saturated heterocycles. The van der Waals surface area contributed by atoms with Crippen molar-refractivity contribution in [2.24, 2.45) is 11.1 Å². The summed E-state index contributed by atoms with van der Waals surface area (Å²) < 4.78 is 22.4. The van der Waals surface area contributed by atoms with Gasteiger partial charge in [0.05, 0.1) is 4.90 Å². The molecule has 0 radical (unpaired) electrons. The van der Waals surface area contributed by atoms with E-state index in [1.807, 2.05) is 12.2 Å². The van der Waals surface area contributed by atoms with Crippen molar-refractivity contribution in [3.8, 4) is 0 Å².